The number of hydrogen-bond donors (Lipinski definition) is 0. The minimum Gasteiger partial charge on any atom is -0.493 e. The lowest BCUT2D eigenvalue weighted by Crippen LogP contribution is -2.19. The van der Waals surface area contributed by atoms with Crippen LogP contribution in [0.1, 0.15) is 55.0 Å². The molecule has 2 atom stereocenters. The lowest BCUT2D eigenvalue weighted by molar-refractivity contribution is 0.0100. The Morgan fingerprint density at radius 2 is 2.15 bits per heavy atom. The Morgan fingerprint density at radius 1 is 1.20 bits per heavy atom. The van der Waals surface area contributed by atoms with Gasteiger partial charge >= 0.3 is 0 Å². The Morgan fingerprint density at radius 3 is 3.00 bits per heavy atom. The number of alkyl halides is 1. The van der Waals surface area contributed by atoms with Gasteiger partial charge in [0.05, 0.1) is 18.1 Å². The largest absolute Gasteiger partial charge is 0.493 e. The standard InChI is InChI=1S/C17H23ClO2/c18-16(8-7-15-5-1-2-10-19-15)13-6-9-17-14(12-13)4-3-11-20-17/h6,9,12,15-16H,1-5,7-8,10-11H2. The Kier molecular flexibility index (Phi) is 4.85. The number of hydrogen-bond acceptors (Lipinski definition) is 2. The first-order chi connectivity index (χ1) is 9.83. The van der Waals surface area contributed by atoms with Crippen molar-refractivity contribution in [3.63, 3.8) is 0 Å². The van der Waals surface area contributed by atoms with Crippen molar-refractivity contribution in [2.45, 2.75) is 56.4 Å². The van der Waals surface area contributed by atoms with Crippen LogP contribution in [0.15, 0.2) is 18.2 Å². The van der Waals surface area contributed by atoms with E-state index in [0.717, 1.165) is 44.6 Å². The Balaban J connectivity index is 1.57. The van der Waals surface area contributed by atoms with Gasteiger partial charge in [0.25, 0.3) is 0 Å². The molecule has 2 aliphatic rings. The summed E-state index contributed by atoms with van der Waals surface area (Å²) in [5, 5.41) is 0.0905. The second kappa shape index (κ2) is 6.82. The molecule has 2 aliphatic heterocycles. The van der Waals surface area contributed by atoms with Gasteiger partial charge < -0.3 is 9.47 Å². The normalized spacial score (nSPS) is 23.8. The maximum absolute atomic E-state index is 6.57. The summed E-state index contributed by atoms with van der Waals surface area (Å²) in [6, 6.07) is 6.42. The molecule has 2 nitrogen and oxygen atoms in total. The average molecular weight is 295 g/mol. The molecule has 3 heteroatoms. The first-order valence-corrected chi connectivity index (χ1v) is 8.28. The molecule has 1 aromatic rings. The summed E-state index contributed by atoms with van der Waals surface area (Å²) < 4.78 is 11.4. The number of aryl methyl sites for hydroxylation is 1. The monoisotopic (exact) mass is 294 g/mol. The van der Waals surface area contributed by atoms with Gasteiger partial charge in [-0.2, -0.15) is 0 Å². The van der Waals surface area contributed by atoms with Gasteiger partial charge in [0.15, 0.2) is 0 Å². The molecule has 0 N–H and O–H groups in total. The van der Waals surface area contributed by atoms with Crippen LogP contribution in [0.4, 0.5) is 0 Å². The van der Waals surface area contributed by atoms with Gasteiger partial charge in [-0.25, -0.2) is 0 Å². The molecule has 0 bridgehead atoms. The number of rotatable bonds is 4. The van der Waals surface area contributed by atoms with E-state index < -0.39 is 0 Å². The van der Waals surface area contributed by atoms with Crippen LogP contribution in [0, 0.1) is 0 Å². The van der Waals surface area contributed by atoms with Crippen LogP contribution in [0.2, 0.25) is 0 Å². The summed E-state index contributed by atoms with van der Waals surface area (Å²) in [6.45, 7) is 1.77. The zero-order valence-corrected chi connectivity index (χ0v) is 12.7. The molecule has 1 fully saturated rings. The van der Waals surface area contributed by atoms with E-state index in [4.69, 9.17) is 21.1 Å². The number of fused-ring (bicyclic) bond motifs is 1. The van der Waals surface area contributed by atoms with Crippen molar-refractivity contribution in [3.05, 3.63) is 29.3 Å². The second-order valence-corrected chi connectivity index (χ2v) is 6.38. The first-order valence-electron chi connectivity index (χ1n) is 7.84. The molecule has 1 saturated heterocycles. The first kappa shape index (κ1) is 14.2. The predicted octanol–water partition coefficient (Wildman–Crippen LogP) is 4.64. The fourth-order valence-electron chi connectivity index (χ4n) is 3.11. The quantitative estimate of drug-likeness (QED) is 0.753. The molecular formula is C17H23ClO2. The van der Waals surface area contributed by atoms with E-state index in [1.165, 1.54) is 30.4 Å². The van der Waals surface area contributed by atoms with E-state index >= 15 is 0 Å². The fourth-order valence-corrected chi connectivity index (χ4v) is 3.37. The summed E-state index contributed by atoms with van der Waals surface area (Å²) >= 11 is 6.57. The van der Waals surface area contributed by atoms with E-state index in [1.54, 1.807) is 0 Å². The molecule has 2 heterocycles. The van der Waals surface area contributed by atoms with Crippen LogP contribution in [0.5, 0.6) is 5.75 Å². The van der Waals surface area contributed by atoms with Crippen molar-refractivity contribution < 1.29 is 9.47 Å². The average Bonchev–Trinajstić information content (AvgIpc) is 2.53. The Bertz CT molecular complexity index is 441. The Hall–Kier alpha value is -0.730. The molecule has 0 aromatic heterocycles. The summed E-state index contributed by atoms with van der Waals surface area (Å²) in [7, 11) is 0. The van der Waals surface area contributed by atoms with Crippen molar-refractivity contribution in [1.82, 2.24) is 0 Å². The van der Waals surface area contributed by atoms with Crippen LogP contribution in [0.25, 0.3) is 0 Å². The molecule has 0 aliphatic carbocycles. The van der Waals surface area contributed by atoms with Crippen molar-refractivity contribution in [3.8, 4) is 5.75 Å². The van der Waals surface area contributed by atoms with E-state index in [1.807, 2.05) is 0 Å². The van der Waals surface area contributed by atoms with Crippen molar-refractivity contribution in [1.29, 1.82) is 0 Å². The summed E-state index contributed by atoms with van der Waals surface area (Å²) in [6.07, 6.45) is 8.41. The molecule has 1 aromatic carbocycles. The molecule has 0 spiro atoms. The smallest absolute Gasteiger partial charge is 0.122 e. The van der Waals surface area contributed by atoms with Crippen molar-refractivity contribution in [2.24, 2.45) is 0 Å². The van der Waals surface area contributed by atoms with Gasteiger partial charge in [0.1, 0.15) is 5.75 Å². The van der Waals surface area contributed by atoms with E-state index in [-0.39, 0.29) is 5.38 Å². The third-order valence-corrected chi connectivity index (χ3v) is 4.78. The van der Waals surface area contributed by atoms with Crippen molar-refractivity contribution in [2.75, 3.05) is 13.2 Å². The fraction of sp³-hybridized carbons (Fsp3) is 0.647. The molecule has 3 rings (SSSR count). The third kappa shape index (κ3) is 3.48. The van der Waals surface area contributed by atoms with Gasteiger partial charge in [0.2, 0.25) is 0 Å². The number of benzene rings is 1. The zero-order chi connectivity index (χ0) is 13.8. The summed E-state index contributed by atoms with van der Waals surface area (Å²) in [4.78, 5) is 0. The van der Waals surface area contributed by atoms with Crippen LogP contribution in [-0.2, 0) is 11.2 Å². The highest BCUT2D eigenvalue weighted by Gasteiger charge is 2.18. The zero-order valence-electron chi connectivity index (χ0n) is 11.9. The topological polar surface area (TPSA) is 18.5 Å². The number of halogens is 1. The molecule has 0 amide bonds. The highest BCUT2D eigenvalue weighted by Crippen LogP contribution is 2.33. The summed E-state index contributed by atoms with van der Waals surface area (Å²) in [5.41, 5.74) is 2.54. The van der Waals surface area contributed by atoms with Gasteiger partial charge in [-0.05, 0) is 62.1 Å². The van der Waals surface area contributed by atoms with E-state index in [2.05, 4.69) is 18.2 Å². The molecule has 110 valence electrons. The van der Waals surface area contributed by atoms with Crippen LogP contribution >= 0.6 is 11.6 Å². The van der Waals surface area contributed by atoms with Crippen molar-refractivity contribution >= 4 is 11.6 Å². The third-order valence-electron chi connectivity index (χ3n) is 4.31. The molecule has 0 radical (unpaired) electrons. The molecule has 0 saturated carbocycles. The maximum atomic E-state index is 6.57. The van der Waals surface area contributed by atoms with Crippen LogP contribution in [0.3, 0.4) is 0 Å². The van der Waals surface area contributed by atoms with Crippen LogP contribution in [-0.4, -0.2) is 19.3 Å². The lowest BCUT2D eigenvalue weighted by Gasteiger charge is -2.24. The Labute approximate surface area is 126 Å². The van der Waals surface area contributed by atoms with Gasteiger partial charge in [-0.1, -0.05) is 12.1 Å². The highest BCUT2D eigenvalue weighted by atomic mass is 35.5. The highest BCUT2D eigenvalue weighted by molar-refractivity contribution is 6.20. The van der Waals surface area contributed by atoms with E-state index in [9.17, 15) is 0 Å². The molecule has 2 unspecified atom stereocenters. The SMILES string of the molecule is ClC(CCC1CCCCO1)c1ccc2c(c1)CCCO2. The van der Waals surface area contributed by atoms with Gasteiger partial charge in [0, 0.05) is 6.61 Å². The number of ether oxygens (including phenoxy) is 2. The molecule has 20 heavy (non-hydrogen) atoms. The minimum atomic E-state index is 0.0905. The maximum Gasteiger partial charge on any atom is 0.122 e. The van der Waals surface area contributed by atoms with Gasteiger partial charge in [-0.3, -0.25) is 0 Å². The molecular weight excluding hydrogens is 272 g/mol. The second-order valence-electron chi connectivity index (χ2n) is 5.85. The minimum absolute atomic E-state index is 0.0905. The van der Waals surface area contributed by atoms with Crippen LogP contribution < -0.4 is 4.74 Å². The summed E-state index contributed by atoms with van der Waals surface area (Å²) in [5.74, 6) is 1.04. The lowest BCUT2D eigenvalue weighted by atomic mass is 9.98. The van der Waals surface area contributed by atoms with Gasteiger partial charge in [-0.15, -0.1) is 11.6 Å². The predicted molar refractivity (Wildman–Crippen MR) is 81.7 cm³/mol. The van der Waals surface area contributed by atoms with E-state index in [0.29, 0.717) is 6.10 Å².